The predicted octanol–water partition coefficient (Wildman–Crippen LogP) is 4.76. The van der Waals surface area contributed by atoms with Crippen molar-refractivity contribution < 1.29 is 4.39 Å². The van der Waals surface area contributed by atoms with Gasteiger partial charge in [0, 0.05) is 6.04 Å². The minimum Gasteiger partial charge on any atom is -0.310 e. The monoisotopic (exact) mass is 263 g/mol. The summed E-state index contributed by atoms with van der Waals surface area (Å²) in [4.78, 5) is 0. The van der Waals surface area contributed by atoms with Gasteiger partial charge < -0.3 is 5.32 Å². The van der Waals surface area contributed by atoms with Crippen LogP contribution in [0, 0.1) is 18.7 Å². The van der Waals surface area contributed by atoms with Gasteiger partial charge in [-0.3, -0.25) is 0 Å². The summed E-state index contributed by atoms with van der Waals surface area (Å²) in [5.74, 6) is 0.736. The van der Waals surface area contributed by atoms with Crippen molar-refractivity contribution in [3.05, 3.63) is 35.1 Å². The second-order valence-corrected chi connectivity index (χ2v) is 5.86. The first-order chi connectivity index (χ1) is 9.20. The van der Waals surface area contributed by atoms with Gasteiger partial charge in [0.1, 0.15) is 5.82 Å². The van der Waals surface area contributed by atoms with Gasteiger partial charge in [-0.2, -0.15) is 0 Å². The van der Waals surface area contributed by atoms with E-state index < -0.39 is 0 Å². The lowest BCUT2D eigenvalue weighted by atomic mass is 9.83. The van der Waals surface area contributed by atoms with E-state index in [-0.39, 0.29) is 5.82 Å². The Balaban J connectivity index is 2.07. The van der Waals surface area contributed by atoms with E-state index in [1.807, 2.05) is 19.1 Å². The highest BCUT2D eigenvalue weighted by atomic mass is 19.1. The number of hydrogen-bond donors (Lipinski definition) is 1. The molecule has 0 aromatic heterocycles. The van der Waals surface area contributed by atoms with E-state index in [0.717, 1.165) is 18.0 Å². The minimum atomic E-state index is -0.100. The molecule has 1 unspecified atom stereocenters. The molecule has 0 radical (unpaired) electrons. The van der Waals surface area contributed by atoms with Crippen LogP contribution in [0.4, 0.5) is 4.39 Å². The first-order valence-electron chi connectivity index (χ1n) is 7.70. The van der Waals surface area contributed by atoms with Crippen LogP contribution in [0.1, 0.15) is 62.6 Å². The molecule has 1 N–H and O–H groups in total. The average Bonchev–Trinajstić information content (AvgIpc) is 2.43. The minimum absolute atomic E-state index is 0.100. The van der Waals surface area contributed by atoms with E-state index in [1.54, 1.807) is 6.07 Å². The van der Waals surface area contributed by atoms with Crippen LogP contribution in [0.2, 0.25) is 0 Å². The van der Waals surface area contributed by atoms with Crippen LogP contribution in [-0.4, -0.2) is 6.54 Å². The Morgan fingerprint density at radius 1 is 1.26 bits per heavy atom. The molecule has 0 aliphatic heterocycles. The highest BCUT2D eigenvalue weighted by molar-refractivity contribution is 5.26. The molecule has 0 saturated heterocycles. The number of hydrogen-bond acceptors (Lipinski definition) is 1. The van der Waals surface area contributed by atoms with Crippen molar-refractivity contribution in [2.45, 2.75) is 58.4 Å². The molecule has 1 aromatic carbocycles. The summed E-state index contributed by atoms with van der Waals surface area (Å²) >= 11 is 0. The normalized spacial score (nSPS) is 18.5. The number of nitrogens with one attached hydrogen (secondary N) is 1. The molecule has 0 spiro atoms. The van der Waals surface area contributed by atoms with Gasteiger partial charge in [0.25, 0.3) is 0 Å². The topological polar surface area (TPSA) is 12.0 Å². The maximum Gasteiger partial charge on any atom is 0.126 e. The molecule has 1 atom stereocenters. The summed E-state index contributed by atoms with van der Waals surface area (Å²) in [6, 6.07) is 5.94. The van der Waals surface area contributed by atoms with Crippen LogP contribution >= 0.6 is 0 Å². The smallest absolute Gasteiger partial charge is 0.126 e. The zero-order valence-corrected chi connectivity index (χ0v) is 12.2. The maximum absolute atomic E-state index is 13.4. The summed E-state index contributed by atoms with van der Waals surface area (Å²) in [7, 11) is 0. The van der Waals surface area contributed by atoms with Gasteiger partial charge >= 0.3 is 0 Å². The van der Waals surface area contributed by atoms with Crippen molar-refractivity contribution in [1.82, 2.24) is 5.32 Å². The van der Waals surface area contributed by atoms with Crippen molar-refractivity contribution in [2.75, 3.05) is 6.54 Å². The third-order valence-electron chi connectivity index (χ3n) is 4.33. The second kappa shape index (κ2) is 7.04. The lowest BCUT2D eigenvalue weighted by Gasteiger charge is -2.27. The largest absolute Gasteiger partial charge is 0.310 e. The van der Waals surface area contributed by atoms with Gasteiger partial charge in [-0.05, 0) is 43.0 Å². The predicted molar refractivity (Wildman–Crippen MR) is 78.7 cm³/mol. The molecular formula is C17H26FN. The van der Waals surface area contributed by atoms with Crippen molar-refractivity contribution in [2.24, 2.45) is 5.92 Å². The van der Waals surface area contributed by atoms with E-state index >= 15 is 0 Å². The Morgan fingerprint density at radius 3 is 2.63 bits per heavy atom. The summed E-state index contributed by atoms with van der Waals surface area (Å²) in [5, 5.41) is 3.57. The molecular weight excluding hydrogens is 237 g/mol. The fourth-order valence-electron chi connectivity index (χ4n) is 3.22. The highest BCUT2D eigenvalue weighted by Gasteiger charge is 2.20. The Hall–Kier alpha value is -0.890. The number of benzene rings is 1. The first kappa shape index (κ1) is 14.5. The van der Waals surface area contributed by atoms with Crippen molar-refractivity contribution in [3.8, 4) is 0 Å². The third kappa shape index (κ3) is 4.04. The van der Waals surface area contributed by atoms with E-state index in [9.17, 15) is 4.39 Å². The zero-order valence-electron chi connectivity index (χ0n) is 12.2. The van der Waals surface area contributed by atoms with Gasteiger partial charge in [0.2, 0.25) is 0 Å². The number of halogens is 1. The Kier molecular flexibility index (Phi) is 5.38. The van der Waals surface area contributed by atoms with Crippen LogP contribution < -0.4 is 5.32 Å². The fraction of sp³-hybridized carbons (Fsp3) is 0.647. The second-order valence-electron chi connectivity index (χ2n) is 5.86. The first-order valence-corrected chi connectivity index (χ1v) is 7.70. The molecule has 106 valence electrons. The van der Waals surface area contributed by atoms with Crippen molar-refractivity contribution in [3.63, 3.8) is 0 Å². The highest BCUT2D eigenvalue weighted by Crippen LogP contribution is 2.32. The van der Waals surface area contributed by atoms with Crippen molar-refractivity contribution in [1.29, 1.82) is 0 Å². The van der Waals surface area contributed by atoms with Gasteiger partial charge in [-0.25, -0.2) is 4.39 Å². The zero-order chi connectivity index (χ0) is 13.7. The van der Waals surface area contributed by atoms with Crippen LogP contribution in [0.5, 0.6) is 0 Å². The van der Waals surface area contributed by atoms with E-state index in [4.69, 9.17) is 0 Å². The quantitative estimate of drug-likeness (QED) is 0.808. The summed E-state index contributed by atoms with van der Waals surface area (Å²) in [5.41, 5.74) is 2.00. The van der Waals surface area contributed by atoms with Gasteiger partial charge in [-0.1, -0.05) is 51.2 Å². The number of aryl methyl sites for hydroxylation is 1. The van der Waals surface area contributed by atoms with E-state index in [2.05, 4.69) is 12.2 Å². The van der Waals surface area contributed by atoms with Crippen LogP contribution in [0.3, 0.4) is 0 Å². The summed E-state index contributed by atoms with van der Waals surface area (Å²) in [6.07, 6.45) is 8.08. The lowest BCUT2D eigenvalue weighted by molar-refractivity contribution is 0.301. The van der Waals surface area contributed by atoms with Crippen LogP contribution in [0.15, 0.2) is 18.2 Å². The molecule has 2 rings (SSSR count). The molecule has 0 heterocycles. The molecule has 0 amide bonds. The van der Waals surface area contributed by atoms with Crippen LogP contribution in [-0.2, 0) is 0 Å². The molecule has 1 fully saturated rings. The molecule has 1 aliphatic carbocycles. The Labute approximate surface area is 116 Å². The number of rotatable bonds is 5. The van der Waals surface area contributed by atoms with Gasteiger partial charge in [-0.15, -0.1) is 0 Å². The molecule has 1 nitrogen and oxygen atoms in total. The van der Waals surface area contributed by atoms with Crippen LogP contribution in [0.25, 0.3) is 0 Å². The molecule has 1 aliphatic rings. The molecule has 2 heteroatoms. The molecule has 1 aromatic rings. The maximum atomic E-state index is 13.4. The van der Waals surface area contributed by atoms with Crippen molar-refractivity contribution >= 4 is 0 Å². The Bertz CT molecular complexity index is 396. The summed E-state index contributed by atoms with van der Waals surface area (Å²) in [6.45, 7) is 4.96. The Morgan fingerprint density at radius 2 is 2.00 bits per heavy atom. The third-order valence-corrected chi connectivity index (χ3v) is 4.33. The standard InChI is InChI=1S/C17H26FN/c1-3-19-17(12-14-7-5-4-6-8-14)15-9-10-16(18)13(2)11-15/h9-11,14,17,19H,3-8,12H2,1-2H3. The average molecular weight is 263 g/mol. The fourth-order valence-corrected chi connectivity index (χ4v) is 3.22. The molecule has 1 saturated carbocycles. The summed E-state index contributed by atoms with van der Waals surface area (Å²) < 4.78 is 13.4. The van der Waals surface area contributed by atoms with Gasteiger partial charge in [0.05, 0.1) is 0 Å². The SMILES string of the molecule is CCNC(CC1CCCCC1)c1ccc(F)c(C)c1. The molecule has 0 bridgehead atoms. The van der Waals surface area contributed by atoms with E-state index in [1.165, 1.54) is 44.1 Å². The molecule has 19 heavy (non-hydrogen) atoms. The van der Waals surface area contributed by atoms with Gasteiger partial charge in [0.15, 0.2) is 0 Å². The van der Waals surface area contributed by atoms with E-state index in [0.29, 0.717) is 6.04 Å². The lowest BCUT2D eigenvalue weighted by Crippen LogP contribution is -2.24.